The Morgan fingerprint density at radius 3 is 1.32 bits per heavy atom. The Hall–Kier alpha value is -4.58. The van der Waals surface area contributed by atoms with Gasteiger partial charge in [0.25, 0.3) is 0 Å². The van der Waals surface area contributed by atoms with Gasteiger partial charge in [-0.1, -0.05) is 72.8 Å². The fraction of sp³-hybridized carbons (Fsp3) is 0.0714. The van der Waals surface area contributed by atoms with Crippen LogP contribution >= 0.6 is 0 Å². The van der Waals surface area contributed by atoms with Crippen LogP contribution in [0.5, 0.6) is 0 Å². The van der Waals surface area contributed by atoms with Crippen LogP contribution in [0.2, 0.25) is 0 Å². The largest absolute Gasteiger partial charge is 0.457 e. The molecule has 0 fully saturated rings. The number of nitrogens with two attached hydrogens (primary N) is 2. The quantitative estimate of drug-likeness (QED) is 0.294. The van der Waals surface area contributed by atoms with E-state index in [0.29, 0.717) is 22.5 Å². The molecule has 4 aromatic carbocycles. The minimum absolute atomic E-state index is 0.113. The first-order chi connectivity index (χ1) is 16.5. The van der Waals surface area contributed by atoms with E-state index in [-0.39, 0.29) is 24.3 Å². The topological polar surface area (TPSA) is 105 Å². The number of rotatable bonds is 7. The molecule has 0 spiro atoms. The first-order valence-corrected chi connectivity index (χ1v) is 10.7. The van der Waals surface area contributed by atoms with Gasteiger partial charge in [0.2, 0.25) is 0 Å². The summed E-state index contributed by atoms with van der Waals surface area (Å²) in [6.45, 7) is 0.225. The highest BCUT2D eigenvalue weighted by atomic mass is 16.5. The summed E-state index contributed by atoms with van der Waals surface area (Å²) in [7, 11) is 0. The molecule has 0 aliphatic carbocycles. The van der Waals surface area contributed by atoms with Gasteiger partial charge >= 0.3 is 11.9 Å². The summed E-state index contributed by atoms with van der Waals surface area (Å²) in [6, 6.07) is 28.5. The van der Waals surface area contributed by atoms with Crippen molar-refractivity contribution in [2.75, 3.05) is 11.5 Å². The maximum Gasteiger partial charge on any atom is 0.339 e. The van der Waals surface area contributed by atoms with Crippen molar-refractivity contribution in [1.82, 2.24) is 0 Å². The number of esters is 2. The molecule has 0 aromatic heterocycles. The third kappa shape index (κ3) is 5.42. The molecule has 0 atom stereocenters. The van der Waals surface area contributed by atoms with Crippen molar-refractivity contribution in [3.63, 3.8) is 0 Å². The number of anilines is 2. The Morgan fingerprint density at radius 2 is 0.941 bits per heavy atom. The smallest absolute Gasteiger partial charge is 0.339 e. The van der Waals surface area contributed by atoms with Crippen LogP contribution in [-0.2, 0) is 22.7 Å². The summed E-state index contributed by atoms with van der Waals surface area (Å²) < 4.78 is 11.1. The molecule has 4 N–H and O–H groups in total. The Labute approximate surface area is 197 Å². The normalized spacial score (nSPS) is 10.5. The molecule has 4 rings (SSSR count). The minimum Gasteiger partial charge on any atom is -0.457 e. The number of nitrogen functional groups attached to an aromatic ring is 2. The lowest BCUT2D eigenvalue weighted by molar-refractivity contribution is 0.0462. The van der Waals surface area contributed by atoms with E-state index in [9.17, 15) is 9.59 Å². The Bertz CT molecular complexity index is 1200. The van der Waals surface area contributed by atoms with Crippen molar-refractivity contribution >= 4 is 23.3 Å². The van der Waals surface area contributed by atoms with Gasteiger partial charge in [0.15, 0.2) is 0 Å². The van der Waals surface area contributed by atoms with Crippen LogP contribution in [0.3, 0.4) is 0 Å². The maximum absolute atomic E-state index is 13.0. The van der Waals surface area contributed by atoms with E-state index in [1.165, 1.54) is 12.1 Å². The standard InChI is InChI=1S/C28H24N2O4/c29-21-11-13-23(25(15-21)27(31)33-17-19-7-3-1-4-8-19)24-14-12-22(30)16-26(24)28(32)34-18-20-9-5-2-6-10-20/h1-16H,17-18,29-30H2. The second-order valence-corrected chi connectivity index (χ2v) is 7.73. The first-order valence-electron chi connectivity index (χ1n) is 10.7. The number of benzene rings is 4. The summed E-state index contributed by atoms with van der Waals surface area (Å²) in [6.07, 6.45) is 0. The second kappa shape index (κ2) is 10.4. The lowest BCUT2D eigenvalue weighted by Crippen LogP contribution is -2.11. The summed E-state index contributed by atoms with van der Waals surface area (Å²) in [5.74, 6) is -1.10. The molecule has 0 saturated heterocycles. The molecule has 0 unspecified atom stereocenters. The zero-order chi connectivity index (χ0) is 23.9. The molecule has 0 bridgehead atoms. The average Bonchev–Trinajstić information content (AvgIpc) is 2.87. The molecule has 4 aromatic rings. The van der Waals surface area contributed by atoms with Crippen LogP contribution in [-0.4, -0.2) is 11.9 Å². The van der Waals surface area contributed by atoms with Crippen molar-refractivity contribution in [2.24, 2.45) is 0 Å². The van der Waals surface area contributed by atoms with Gasteiger partial charge in [-0.2, -0.15) is 0 Å². The van der Waals surface area contributed by atoms with E-state index in [1.807, 2.05) is 60.7 Å². The van der Waals surface area contributed by atoms with Crippen LogP contribution < -0.4 is 11.5 Å². The van der Waals surface area contributed by atoms with E-state index in [4.69, 9.17) is 20.9 Å². The van der Waals surface area contributed by atoms with E-state index < -0.39 is 11.9 Å². The zero-order valence-corrected chi connectivity index (χ0v) is 18.4. The highest BCUT2D eigenvalue weighted by molar-refractivity contribution is 6.04. The highest BCUT2D eigenvalue weighted by Gasteiger charge is 2.21. The molecule has 6 heteroatoms. The van der Waals surface area contributed by atoms with Gasteiger partial charge in [0, 0.05) is 11.4 Å². The van der Waals surface area contributed by atoms with Crippen LogP contribution in [0.25, 0.3) is 11.1 Å². The molecule has 0 heterocycles. The third-order valence-corrected chi connectivity index (χ3v) is 5.24. The second-order valence-electron chi connectivity index (χ2n) is 7.73. The highest BCUT2D eigenvalue weighted by Crippen LogP contribution is 2.31. The van der Waals surface area contributed by atoms with Crippen LogP contribution in [0.1, 0.15) is 31.8 Å². The van der Waals surface area contributed by atoms with Gasteiger partial charge in [0.05, 0.1) is 11.1 Å². The van der Waals surface area contributed by atoms with E-state index in [1.54, 1.807) is 24.3 Å². The predicted molar refractivity (Wildman–Crippen MR) is 132 cm³/mol. The van der Waals surface area contributed by atoms with Gasteiger partial charge in [-0.15, -0.1) is 0 Å². The van der Waals surface area contributed by atoms with Crippen molar-refractivity contribution in [3.05, 3.63) is 119 Å². The molecule has 6 nitrogen and oxygen atoms in total. The fourth-order valence-electron chi connectivity index (χ4n) is 3.53. The first kappa shape index (κ1) is 22.6. The fourth-order valence-corrected chi connectivity index (χ4v) is 3.53. The number of carbonyl (C=O) groups excluding carboxylic acids is 2. The molecular formula is C28H24N2O4. The van der Waals surface area contributed by atoms with Crippen molar-refractivity contribution in [1.29, 1.82) is 0 Å². The average molecular weight is 453 g/mol. The Balaban J connectivity index is 1.63. The minimum atomic E-state index is -0.549. The molecule has 0 aliphatic heterocycles. The predicted octanol–water partition coefficient (Wildman–Crippen LogP) is 5.23. The van der Waals surface area contributed by atoms with Crippen LogP contribution in [0.15, 0.2) is 97.1 Å². The van der Waals surface area contributed by atoms with E-state index >= 15 is 0 Å². The summed E-state index contributed by atoms with van der Waals surface area (Å²) in [4.78, 5) is 26.0. The third-order valence-electron chi connectivity index (χ3n) is 5.24. The lowest BCUT2D eigenvalue weighted by atomic mass is 9.94. The number of hydrogen-bond donors (Lipinski definition) is 2. The van der Waals surface area contributed by atoms with E-state index in [0.717, 1.165) is 11.1 Å². The number of carbonyl (C=O) groups is 2. The Morgan fingerprint density at radius 1 is 0.559 bits per heavy atom. The lowest BCUT2D eigenvalue weighted by Gasteiger charge is -2.15. The molecule has 0 radical (unpaired) electrons. The van der Waals surface area contributed by atoms with Crippen molar-refractivity contribution in [3.8, 4) is 11.1 Å². The maximum atomic E-state index is 13.0. The van der Waals surface area contributed by atoms with Gasteiger partial charge in [-0.05, 0) is 46.5 Å². The molecule has 0 amide bonds. The summed E-state index contributed by atoms with van der Waals surface area (Å²) >= 11 is 0. The van der Waals surface area contributed by atoms with Gasteiger partial charge in [-0.3, -0.25) is 0 Å². The van der Waals surface area contributed by atoms with E-state index in [2.05, 4.69) is 0 Å². The zero-order valence-electron chi connectivity index (χ0n) is 18.4. The summed E-state index contributed by atoms with van der Waals surface area (Å²) in [5, 5.41) is 0. The van der Waals surface area contributed by atoms with Gasteiger partial charge in [0.1, 0.15) is 13.2 Å². The molecule has 34 heavy (non-hydrogen) atoms. The monoisotopic (exact) mass is 452 g/mol. The van der Waals surface area contributed by atoms with Gasteiger partial charge in [-0.25, -0.2) is 9.59 Å². The molecule has 0 saturated carbocycles. The van der Waals surface area contributed by atoms with Gasteiger partial charge < -0.3 is 20.9 Å². The van der Waals surface area contributed by atoms with Crippen LogP contribution in [0, 0.1) is 0 Å². The summed E-state index contributed by atoms with van der Waals surface area (Å²) in [5.41, 5.74) is 15.9. The number of ether oxygens (including phenoxy) is 2. The SMILES string of the molecule is Nc1ccc(-c2ccc(N)cc2C(=O)OCc2ccccc2)c(C(=O)OCc2ccccc2)c1. The van der Waals surface area contributed by atoms with Crippen molar-refractivity contribution in [2.45, 2.75) is 13.2 Å². The molecule has 170 valence electrons. The van der Waals surface area contributed by atoms with Crippen LogP contribution in [0.4, 0.5) is 11.4 Å². The Kier molecular flexibility index (Phi) is 6.89. The molecule has 0 aliphatic rings. The van der Waals surface area contributed by atoms with Crippen molar-refractivity contribution < 1.29 is 19.1 Å². The molecular weight excluding hydrogens is 428 g/mol. The number of hydrogen-bond acceptors (Lipinski definition) is 6.